The molecule has 1 aliphatic rings. The number of aryl methyl sites for hydroxylation is 2. The summed E-state index contributed by atoms with van der Waals surface area (Å²) < 4.78 is 3.77. The van der Waals surface area contributed by atoms with Crippen LogP contribution in [0.1, 0.15) is 58.3 Å². The lowest BCUT2D eigenvalue weighted by atomic mass is 10.2. The molecule has 0 bridgehead atoms. The summed E-state index contributed by atoms with van der Waals surface area (Å²) in [5, 5.41) is 4.53. The van der Waals surface area contributed by atoms with E-state index in [1.54, 1.807) is 20.6 Å². The number of hydrogen-bond acceptors (Lipinski definition) is 4. The standard InChI is InChI=1S/C24H30N6O2/c1-4-11-30-20(14-18(3)26-30)16-27(5-2)23(31)21-17-28-12-13-29(24(32)22(28)25-21)15-19-9-7-6-8-10-19/h6-10,14,17H,4-5,11-13,15-16H2,1-3H3. The Morgan fingerprint density at radius 2 is 1.94 bits per heavy atom. The summed E-state index contributed by atoms with van der Waals surface area (Å²) in [5.74, 6) is 0.0241. The molecule has 0 fully saturated rings. The Hall–Kier alpha value is -3.42. The van der Waals surface area contributed by atoms with Gasteiger partial charge in [0.2, 0.25) is 0 Å². The minimum absolute atomic E-state index is 0.140. The monoisotopic (exact) mass is 434 g/mol. The maximum absolute atomic E-state index is 13.2. The van der Waals surface area contributed by atoms with Gasteiger partial charge >= 0.3 is 0 Å². The number of aromatic nitrogens is 4. The minimum Gasteiger partial charge on any atom is -0.332 e. The van der Waals surface area contributed by atoms with Gasteiger partial charge in [0.1, 0.15) is 5.69 Å². The first-order valence-corrected chi connectivity index (χ1v) is 11.2. The van der Waals surface area contributed by atoms with Gasteiger partial charge in [-0.05, 0) is 31.9 Å². The zero-order valence-corrected chi connectivity index (χ0v) is 19.0. The molecule has 168 valence electrons. The van der Waals surface area contributed by atoms with Crippen LogP contribution in [0, 0.1) is 6.92 Å². The van der Waals surface area contributed by atoms with Crippen LogP contribution in [-0.2, 0) is 26.2 Å². The molecule has 0 atom stereocenters. The van der Waals surface area contributed by atoms with Gasteiger partial charge in [0, 0.05) is 38.9 Å². The molecule has 8 nitrogen and oxygen atoms in total. The van der Waals surface area contributed by atoms with Gasteiger partial charge in [-0.15, -0.1) is 0 Å². The smallest absolute Gasteiger partial charge is 0.290 e. The number of carbonyl (C=O) groups excluding carboxylic acids is 2. The van der Waals surface area contributed by atoms with Crippen LogP contribution in [-0.4, -0.2) is 54.0 Å². The van der Waals surface area contributed by atoms with Crippen molar-refractivity contribution in [3.05, 3.63) is 71.1 Å². The van der Waals surface area contributed by atoms with Crippen molar-refractivity contribution in [3.8, 4) is 0 Å². The van der Waals surface area contributed by atoms with Crippen LogP contribution in [0.25, 0.3) is 0 Å². The third-order valence-electron chi connectivity index (χ3n) is 5.74. The number of amides is 2. The first-order valence-electron chi connectivity index (χ1n) is 11.2. The molecule has 1 aromatic carbocycles. The van der Waals surface area contributed by atoms with Gasteiger partial charge in [0.15, 0.2) is 5.82 Å². The lowest BCUT2D eigenvalue weighted by Crippen LogP contribution is -2.39. The highest BCUT2D eigenvalue weighted by Crippen LogP contribution is 2.18. The third kappa shape index (κ3) is 4.44. The Morgan fingerprint density at radius 3 is 2.66 bits per heavy atom. The van der Waals surface area contributed by atoms with Crippen molar-refractivity contribution in [3.63, 3.8) is 0 Å². The second kappa shape index (κ2) is 9.38. The van der Waals surface area contributed by atoms with Crippen LogP contribution in [0.2, 0.25) is 0 Å². The summed E-state index contributed by atoms with van der Waals surface area (Å²) in [7, 11) is 0. The SMILES string of the molecule is CCCn1nc(C)cc1CN(CC)C(=O)c1cn2c(n1)C(=O)N(Cc1ccccc1)CC2. The second-order valence-corrected chi connectivity index (χ2v) is 8.17. The van der Waals surface area contributed by atoms with E-state index in [0.717, 1.165) is 29.9 Å². The predicted octanol–water partition coefficient (Wildman–Crippen LogP) is 3.12. The predicted molar refractivity (Wildman–Crippen MR) is 121 cm³/mol. The van der Waals surface area contributed by atoms with Gasteiger partial charge < -0.3 is 14.4 Å². The summed E-state index contributed by atoms with van der Waals surface area (Å²) in [4.78, 5) is 34.3. The van der Waals surface area contributed by atoms with Crippen molar-refractivity contribution >= 4 is 11.8 Å². The molecule has 2 amide bonds. The molecule has 0 saturated heterocycles. The Balaban J connectivity index is 1.50. The first kappa shape index (κ1) is 21.8. The average molecular weight is 435 g/mol. The molecule has 0 unspecified atom stereocenters. The average Bonchev–Trinajstić information content (AvgIpc) is 3.38. The van der Waals surface area contributed by atoms with Crippen LogP contribution < -0.4 is 0 Å². The highest BCUT2D eigenvalue weighted by Gasteiger charge is 2.29. The van der Waals surface area contributed by atoms with Crippen LogP contribution in [0.15, 0.2) is 42.6 Å². The van der Waals surface area contributed by atoms with E-state index in [-0.39, 0.29) is 11.8 Å². The molecule has 8 heteroatoms. The van der Waals surface area contributed by atoms with E-state index in [1.807, 2.05) is 54.9 Å². The lowest BCUT2D eigenvalue weighted by molar-refractivity contribution is 0.0683. The minimum atomic E-state index is -0.168. The summed E-state index contributed by atoms with van der Waals surface area (Å²) in [6, 6.07) is 11.9. The lowest BCUT2D eigenvalue weighted by Gasteiger charge is -2.27. The molecule has 4 rings (SSSR count). The Morgan fingerprint density at radius 1 is 1.16 bits per heavy atom. The topological polar surface area (TPSA) is 76.3 Å². The van der Waals surface area contributed by atoms with Crippen molar-refractivity contribution in [2.75, 3.05) is 13.1 Å². The van der Waals surface area contributed by atoms with Crippen molar-refractivity contribution in [2.45, 2.75) is 53.4 Å². The van der Waals surface area contributed by atoms with E-state index in [4.69, 9.17) is 0 Å². The number of hydrogen-bond donors (Lipinski definition) is 0. The molecule has 2 aromatic heterocycles. The van der Waals surface area contributed by atoms with Crippen LogP contribution in [0.3, 0.4) is 0 Å². The number of carbonyl (C=O) groups is 2. The van der Waals surface area contributed by atoms with Crippen LogP contribution in [0.4, 0.5) is 0 Å². The van der Waals surface area contributed by atoms with Crippen LogP contribution >= 0.6 is 0 Å². The third-order valence-corrected chi connectivity index (χ3v) is 5.74. The molecular formula is C24H30N6O2. The first-order chi connectivity index (χ1) is 15.5. The maximum atomic E-state index is 13.2. The molecule has 0 spiro atoms. The van der Waals surface area contributed by atoms with Gasteiger partial charge in [-0.1, -0.05) is 37.3 Å². The Kier molecular flexibility index (Phi) is 6.39. The number of imidazole rings is 1. The molecule has 1 aliphatic heterocycles. The molecule has 3 aromatic rings. The quantitative estimate of drug-likeness (QED) is 0.546. The highest BCUT2D eigenvalue weighted by molar-refractivity contribution is 5.96. The van der Waals surface area contributed by atoms with E-state index in [9.17, 15) is 9.59 Å². The summed E-state index contributed by atoms with van der Waals surface area (Å²) in [5.41, 5.74) is 3.34. The van der Waals surface area contributed by atoms with Crippen LogP contribution in [0.5, 0.6) is 0 Å². The van der Waals surface area contributed by atoms with Crippen molar-refractivity contribution in [2.24, 2.45) is 0 Å². The van der Waals surface area contributed by atoms with Crippen molar-refractivity contribution < 1.29 is 9.59 Å². The summed E-state index contributed by atoms with van der Waals surface area (Å²) >= 11 is 0. The normalized spacial score (nSPS) is 13.3. The van der Waals surface area contributed by atoms with Gasteiger partial charge in [-0.3, -0.25) is 14.3 Å². The van der Waals surface area contributed by atoms with E-state index in [1.165, 1.54) is 0 Å². The van der Waals surface area contributed by atoms with Crippen molar-refractivity contribution in [1.82, 2.24) is 29.1 Å². The van der Waals surface area contributed by atoms with Gasteiger partial charge in [-0.25, -0.2) is 4.98 Å². The molecular weight excluding hydrogens is 404 g/mol. The summed E-state index contributed by atoms with van der Waals surface area (Å²) in [6.45, 7) is 9.62. The Labute approximate surface area is 188 Å². The molecule has 0 saturated carbocycles. The van der Waals surface area contributed by atoms with Gasteiger partial charge in [0.05, 0.1) is 17.9 Å². The zero-order chi connectivity index (χ0) is 22.7. The maximum Gasteiger partial charge on any atom is 0.290 e. The molecule has 3 heterocycles. The zero-order valence-electron chi connectivity index (χ0n) is 19.0. The number of rotatable bonds is 8. The van der Waals surface area contributed by atoms with E-state index < -0.39 is 0 Å². The largest absolute Gasteiger partial charge is 0.332 e. The van der Waals surface area contributed by atoms with E-state index in [0.29, 0.717) is 44.2 Å². The molecule has 0 aliphatic carbocycles. The van der Waals surface area contributed by atoms with E-state index >= 15 is 0 Å². The highest BCUT2D eigenvalue weighted by atomic mass is 16.2. The fourth-order valence-electron chi connectivity index (χ4n) is 4.10. The fourth-order valence-corrected chi connectivity index (χ4v) is 4.10. The number of fused-ring (bicyclic) bond motifs is 1. The molecule has 32 heavy (non-hydrogen) atoms. The summed E-state index contributed by atoms with van der Waals surface area (Å²) in [6.07, 6.45) is 2.69. The van der Waals surface area contributed by atoms with Gasteiger partial charge in [0.25, 0.3) is 11.8 Å². The van der Waals surface area contributed by atoms with E-state index in [2.05, 4.69) is 17.0 Å². The van der Waals surface area contributed by atoms with Crippen molar-refractivity contribution in [1.29, 1.82) is 0 Å². The number of nitrogens with zero attached hydrogens (tertiary/aromatic N) is 6. The number of benzene rings is 1. The Bertz CT molecular complexity index is 1100. The molecule has 0 radical (unpaired) electrons. The fraction of sp³-hybridized carbons (Fsp3) is 0.417. The molecule has 0 N–H and O–H groups in total. The second-order valence-electron chi connectivity index (χ2n) is 8.17. The van der Waals surface area contributed by atoms with Gasteiger partial charge in [-0.2, -0.15) is 5.10 Å².